The van der Waals surface area contributed by atoms with Crippen molar-refractivity contribution in [2.45, 2.75) is 20.3 Å². The second-order valence-corrected chi connectivity index (χ2v) is 2.10. The molecule has 0 N–H and O–H groups in total. The van der Waals surface area contributed by atoms with Crippen LogP contribution in [0.1, 0.15) is 20.3 Å². The van der Waals surface area contributed by atoms with Crippen LogP contribution in [0.2, 0.25) is 0 Å². The van der Waals surface area contributed by atoms with E-state index in [4.69, 9.17) is 0 Å². The Kier molecular flexibility index (Phi) is 4.63. The maximum atomic E-state index is 10.2. The summed E-state index contributed by atoms with van der Waals surface area (Å²) in [6.45, 7) is 7.40. The van der Waals surface area contributed by atoms with E-state index in [1.54, 1.807) is 0 Å². The van der Waals surface area contributed by atoms with Crippen LogP contribution in [0.3, 0.4) is 0 Å². The van der Waals surface area contributed by atoms with Gasteiger partial charge in [0.05, 0.1) is 0 Å². The normalized spacial score (nSPS) is 11.3. The van der Waals surface area contributed by atoms with E-state index in [-0.39, 0.29) is 5.97 Å². The predicted molar refractivity (Wildman–Crippen MR) is 40.4 cm³/mol. The molecule has 2 heteroatoms. The second-order valence-electron chi connectivity index (χ2n) is 2.10. The van der Waals surface area contributed by atoms with Crippen LogP contribution in [0.4, 0.5) is 0 Å². The Hall–Kier alpha value is -0.790. The Morgan fingerprint density at radius 2 is 2.20 bits per heavy atom. The molecule has 10 heavy (non-hydrogen) atoms. The fourth-order valence-corrected chi connectivity index (χ4v) is 0.403. The fourth-order valence-electron chi connectivity index (χ4n) is 0.403. The zero-order valence-electron chi connectivity index (χ0n) is 6.52. The lowest BCUT2D eigenvalue weighted by atomic mass is 10.2. The molecule has 0 rings (SSSR count). The minimum atomic E-state index is -0.242. The van der Waals surface area contributed by atoms with Crippen LogP contribution in [-0.4, -0.2) is 12.6 Å². The molecule has 2 nitrogen and oxygen atoms in total. The van der Waals surface area contributed by atoms with Gasteiger partial charge < -0.3 is 4.74 Å². The highest BCUT2D eigenvalue weighted by molar-refractivity contribution is 5.65. The molecule has 0 saturated carbocycles. The van der Waals surface area contributed by atoms with E-state index in [2.05, 4.69) is 11.7 Å². The standard InChI is InChI=1S/C8H13O2/c1-4-7(2)5-6-10-8(3)9/h5H,1,4,6H2,2-3H3/b7-5+. The molecular formula is C8H13O2. The van der Waals surface area contributed by atoms with Crippen molar-refractivity contribution in [1.82, 2.24) is 0 Å². The molecule has 0 aromatic rings. The molecule has 0 saturated heterocycles. The lowest BCUT2D eigenvalue weighted by molar-refractivity contribution is -0.139. The van der Waals surface area contributed by atoms with Gasteiger partial charge in [-0.15, -0.1) is 0 Å². The Morgan fingerprint density at radius 3 is 2.60 bits per heavy atom. The van der Waals surface area contributed by atoms with Crippen molar-refractivity contribution in [2.24, 2.45) is 0 Å². The maximum absolute atomic E-state index is 10.2. The zero-order chi connectivity index (χ0) is 7.98. The van der Waals surface area contributed by atoms with Crippen molar-refractivity contribution < 1.29 is 9.53 Å². The highest BCUT2D eigenvalue weighted by atomic mass is 16.5. The van der Waals surface area contributed by atoms with Crippen molar-refractivity contribution in [3.8, 4) is 0 Å². The van der Waals surface area contributed by atoms with Crippen LogP contribution in [0.15, 0.2) is 11.6 Å². The first-order valence-corrected chi connectivity index (χ1v) is 3.25. The molecule has 0 aromatic carbocycles. The summed E-state index contributed by atoms with van der Waals surface area (Å²) in [4.78, 5) is 10.2. The summed E-state index contributed by atoms with van der Waals surface area (Å²) >= 11 is 0. The van der Waals surface area contributed by atoms with Crippen molar-refractivity contribution >= 4 is 5.97 Å². The van der Waals surface area contributed by atoms with Crippen LogP contribution in [0.25, 0.3) is 0 Å². The topological polar surface area (TPSA) is 26.3 Å². The van der Waals surface area contributed by atoms with E-state index in [9.17, 15) is 4.79 Å². The van der Waals surface area contributed by atoms with Gasteiger partial charge in [0, 0.05) is 6.92 Å². The third kappa shape index (κ3) is 5.35. The zero-order valence-corrected chi connectivity index (χ0v) is 6.52. The van der Waals surface area contributed by atoms with Crippen molar-refractivity contribution in [3.63, 3.8) is 0 Å². The molecule has 0 spiro atoms. The Balaban J connectivity index is 3.43. The minimum absolute atomic E-state index is 0.242. The first kappa shape index (κ1) is 9.21. The Bertz CT molecular complexity index is 136. The molecule has 0 fully saturated rings. The number of esters is 1. The number of carbonyl (C=O) groups excluding carboxylic acids is 1. The van der Waals surface area contributed by atoms with Crippen LogP contribution in [0.5, 0.6) is 0 Å². The van der Waals surface area contributed by atoms with Gasteiger partial charge in [0.15, 0.2) is 0 Å². The van der Waals surface area contributed by atoms with Gasteiger partial charge in [0.2, 0.25) is 0 Å². The largest absolute Gasteiger partial charge is 0.462 e. The molecule has 0 aliphatic heterocycles. The Morgan fingerprint density at radius 1 is 1.60 bits per heavy atom. The SMILES string of the molecule is [CH2]C/C(C)=C/COC(C)=O. The third-order valence-electron chi connectivity index (χ3n) is 1.11. The van der Waals surface area contributed by atoms with Gasteiger partial charge in [-0.2, -0.15) is 0 Å². The molecule has 0 atom stereocenters. The fraction of sp³-hybridized carbons (Fsp3) is 0.500. The van der Waals surface area contributed by atoms with E-state index in [1.807, 2.05) is 13.0 Å². The summed E-state index contributed by atoms with van der Waals surface area (Å²) in [5, 5.41) is 0. The van der Waals surface area contributed by atoms with Crippen molar-refractivity contribution in [2.75, 3.05) is 6.61 Å². The Labute approximate surface area is 61.9 Å². The lowest BCUT2D eigenvalue weighted by Gasteiger charge is -1.96. The third-order valence-corrected chi connectivity index (χ3v) is 1.11. The summed E-state index contributed by atoms with van der Waals surface area (Å²) in [5.41, 5.74) is 1.14. The van der Waals surface area contributed by atoms with Gasteiger partial charge in [-0.25, -0.2) is 0 Å². The van der Waals surface area contributed by atoms with Gasteiger partial charge in [-0.1, -0.05) is 5.57 Å². The van der Waals surface area contributed by atoms with E-state index >= 15 is 0 Å². The van der Waals surface area contributed by atoms with Gasteiger partial charge in [-0.05, 0) is 26.3 Å². The quantitative estimate of drug-likeness (QED) is 0.442. The number of allylic oxidation sites excluding steroid dienone is 1. The predicted octanol–water partition coefficient (Wildman–Crippen LogP) is 1.72. The molecule has 57 valence electrons. The van der Waals surface area contributed by atoms with Gasteiger partial charge >= 0.3 is 5.97 Å². The van der Waals surface area contributed by atoms with Gasteiger partial charge in [0.25, 0.3) is 0 Å². The van der Waals surface area contributed by atoms with E-state index < -0.39 is 0 Å². The highest BCUT2D eigenvalue weighted by Crippen LogP contribution is 1.96. The van der Waals surface area contributed by atoms with E-state index in [0.717, 1.165) is 12.0 Å². The number of rotatable bonds is 3. The second kappa shape index (κ2) is 5.03. The van der Waals surface area contributed by atoms with Crippen LogP contribution >= 0.6 is 0 Å². The monoisotopic (exact) mass is 141 g/mol. The summed E-state index contributed by atoms with van der Waals surface area (Å²) in [7, 11) is 0. The van der Waals surface area contributed by atoms with Gasteiger partial charge in [0.1, 0.15) is 6.61 Å². The van der Waals surface area contributed by atoms with E-state index in [0.29, 0.717) is 6.61 Å². The van der Waals surface area contributed by atoms with Gasteiger partial charge in [-0.3, -0.25) is 4.79 Å². The number of hydrogen-bond acceptors (Lipinski definition) is 2. The minimum Gasteiger partial charge on any atom is -0.462 e. The molecule has 0 aliphatic carbocycles. The van der Waals surface area contributed by atoms with Crippen molar-refractivity contribution in [3.05, 3.63) is 18.6 Å². The summed E-state index contributed by atoms with van der Waals surface area (Å²) in [6.07, 6.45) is 2.62. The smallest absolute Gasteiger partial charge is 0.302 e. The molecule has 0 unspecified atom stereocenters. The first-order chi connectivity index (χ1) is 4.66. The average molecular weight is 141 g/mol. The van der Waals surface area contributed by atoms with Crippen LogP contribution in [0, 0.1) is 6.92 Å². The average Bonchev–Trinajstić information content (AvgIpc) is 1.87. The molecular weight excluding hydrogens is 128 g/mol. The molecule has 0 aromatic heterocycles. The maximum Gasteiger partial charge on any atom is 0.302 e. The summed E-state index contributed by atoms with van der Waals surface area (Å²) < 4.78 is 4.67. The molecule has 0 heterocycles. The number of hydrogen-bond donors (Lipinski definition) is 0. The van der Waals surface area contributed by atoms with Crippen LogP contribution < -0.4 is 0 Å². The van der Waals surface area contributed by atoms with E-state index in [1.165, 1.54) is 6.92 Å². The molecule has 0 bridgehead atoms. The molecule has 0 aliphatic rings. The molecule has 0 amide bonds. The number of carbonyl (C=O) groups is 1. The van der Waals surface area contributed by atoms with Crippen molar-refractivity contribution in [1.29, 1.82) is 0 Å². The highest BCUT2D eigenvalue weighted by Gasteiger charge is 1.88. The summed E-state index contributed by atoms with van der Waals surface area (Å²) in [5.74, 6) is -0.242. The molecule has 1 radical (unpaired) electrons. The summed E-state index contributed by atoms with van der Waals surface area (Å²) in [6, 6.07) is 0. The number of ether oxygens (including phenoxy) is 1. The lowest BCUT2D eigenvalue weighted by Crippen LogP contribution is -1.97. The van der Waals surface area contributed by atoms with Crippen LogP contribution in [-0.2, 0) is 9.53 Å². The first-order valence-electron chi connectivity index (χ1n) is 3.25.